The number of benzene rings is 1. The van der Waals surface area contributed by atoms with Crippen LogP contribution in [0.25, 0.3) is 0 Å². The molecule has 4 heteroatoms. The average Bonchev–Trinajstić information content (AvgIpc) is 2.05. The van der Waals surface area contributed by atoms with E-state index >= 15 is 0 Å². The molecule has 1 aromatic carbocycles. The van der Waals surface area contributed by atoms with Gasteiger partial charge in [0.05, 0.1) is 5.02 Å². The second kappa shape index (κ2) is 3.96. The zero-order valence-electron chi connectivity index (χ0n) is 6.12. The van der Waals surface area contributed by atoms with Gasteiger partial charge in [-0.25, -0.2) is 0 Å². The molecule has 1 aromatic rings. The van der Waals surface area contributed by atoms with Crippen molar-refractivity contribution in [1.82, 2.24) is 0 Å². The second-order valence-electron chi connectivity index (χ2n) is 2.00. The fourth-order valence-electron chi connectivity index (χ4n) is 0.803. The first-order valence-corrected chi connectivity index (χ1v) is 3.59. The first-order chi connectivity index (χ1) is 5.79. The highest BCUT2D eigenvalue weighted by atomic mass is 35.5. The van der Waals surface area contributed by atoms with Crippen LogP contribution in [-0.4, -0.2) is 11.9 Å². The topological polar surface area (TPSA) is 53.2 Å². The molecular formula is C8H6ClNO2. The Labute approximate surface area is 74.8 Å². The minimum atomic E-state index is -0.463. The number of hydrogen-bond acceptors (Lipinski definition) is 3. The van der Waals surface area contributed by atoms with Crippen molar-refractivity contribution in [2.45, 2.75) is 0 Å². The lowest BCUT2D eigenvalue weighted by atomic mass is 10.2. The van der Waals surface area contributed by atoms with E-state index in [1.807, 2.05) is 6.07 Å². The molecule has 0 aromatic heterocycles. The maximum atomic E-state index is 8.63. The first kappa shape index (κ1) is 8.85. The third-order valence-corrected chi connectivity index (χ3v) is 1.62. The zero-order chi connectivity index (χ0) is 8.97. The SMILES string of the molecule is N#Cc1c(Cl)cccc1OCO. The third kappa shape index (κ3) is 1.67. The summed E-state index contributed by atoms with van der Waals surface area (Å²) in [6.45, 7) is -0.463. The van der Waals surface area contributed by atoms with Gasteiger partial charge in [0.1, 0.15) is 17.4 Å². The van der Waals surface area contributed by atoms with Crippen molar-refractivity contribution >= 4 is 11.6 Å². The van der Waals surface area contributed by atoms with Gasteiger partial charge >= 0.3 is 0 Å². The highest BCUT2D eigenvalue weighted by molar-refractivity contribution is 6.31. The number of rotatable bonds is 2. The summed E-state index contributed by atoms with van der Waals surface area (Å²) in [7, 11) is 0. The molecule has 1 rings (SSSR count). The van der Waals surface area contributed by atoms with Crippen LogP contribution in [-0.2, 0) is 0 Å². The molecule has 0 atom stereocenters. The number of aliphatic hydroxyl groups excluding tert-OH is 1. The minimum absolute atomic E-state index is 0.244. The highest BCUT2D eigenvalue weighted by Gasteiger charge is 2.05. The predicted octanol–water partition coefficient (Wildman–Crippen LogP) is 1.54. The minimum Gasteiger partial charge on any atom is -0.466 e. The van der Waals surface area contributed by atoms with E-state index in [1.54, 1.807) is 18.2 Å². The second-order valence-corrected chi connectivity index (χ2v) is 2.41. The van der Waals surface area contributed by atoms with Crippen LogP contribution in [0.1, 0.15) is 5.56 Å². The largest absolute Gasteiger partial charge is 0.466 e. The number of aliphatic hydroxyl groups is 1. The van der Waals surface area contributed by atoms with Crippen LogP contribution in [0.3, 0.4) is 0 Å². The standard InChI is InChI=1S/C8H6ClNO2/c9-7-2-1-3-8(12-5-11)6(7)4-10/h1-3,11H,5H2. The first-order valence-electron chi connectivity index (χ1n) is 3.22. The van der Waals surface area contributed by atoms with Gasteiger partial charge in [0.2, 0.25) is 0 Å². The molecule has 0 saturated carbocycles. The van der Waals surface area contributed by atoms with Crippen LogP contribution in [0.5, 0.6) is 5.75 Å². The summed E-state index contributed by atoms with van der Waals surface area (Å²) in [5.74, 6) is 0.299. The van der Waals surface area contributed by atoms with Gasteiger partial charge in [-0.1, -0.05) is 17.7 Å². The molecule has 0 aliphatic rings. The van der Waals surface area contributed by atoms with E-state index in [-0.39, 0.29) is 5.56 Å². The number of ether oxygens (including phenoxy) is 1. The molecule has 0 saturated heterocycles. The summed E-state index contributed by atoms with van der Waals surface area (Å²) in [5.41, 5.74) is 0.244. The monoisotopic (exact) mass is 183 g/mol. The van der Waals surface area contributed by atoms with Crippen molar-refractivity contribution < 1.29 is 9.84 Å². The van der Waals surface area contributed by atoms with Crippen LogP contribution >= 0.6 is 11.6 Å². The summed E-state index contributed by atoms with van der Waals surface area (Å²) >= 11 is 5.68. The van der Waals surface area contributed by atoms with Crippen LogP contribution in [0, 0.1) is 11.3 Å². The molecule has 62 valence electrons. The normalized spacial score (nSPS) is 9.08. The third-order valence-electron chi connectivity index (χ3n) is 1.31. The Morgan fingerprint density at radius 1 is 1.58 bits per heavy atom. The van der Waals surface area contributed by atoms with Gasteiger partial charge < -0.3 is 9.84 Å². The van der Waals surface area contributed by atoms with Crippen molar-refractivity contribution in [2.24, 2.45) is 0 Å². The van der Waals surface area contributed by atoms with Crippen molar-refractivity contribution in [1.29, 1.82) is 5.26 Å². The van der Waals surface area contributed by atoms with Gasteiger partial charge in [-0.2, -0.15) is 5.26 Å². The van der Waals surface area contributed by atoms with Gasteiger partial charge in [0, 0.05) is 0 Å². The number of hydrogen-bond donors (Lipinski definition) is 1. The van der Waals surface area contributed by atoms with E-state index < -0.39 is 6.79 Å². The van der Waals surface area contributed by atoms with Gasteiger partial charge in [0.25, 0.3) is 0 Å². The summed E-state index contributed by atoms with van der Waals surface area (Å²) in [6, 6.07) is 6.69. The highest BCUT2D eigenvalue weighted by Crippen LogP contribution is 2.24. The van der Waals surface area contributed by atoms with Gasteiger partial charge in [0.15, 0.2) is 6.79 Å². The van der Waals surface area contributed by atoms with E-state index in [1.165, 1.54) is 0 Å². The Balaban J connectivity index is 3.11. The molecule has 0 aliphatic carbocycles. The molecular weight excluding hydrogens is 178 g/mol. The summed E-state index contributed by atoms with van der Waals surface area (Å²) in [4.78, 5) is 0. The van der Waals surface area contributed by atoms with Crippen molar-refractivity contribution in [3.05, 3.63) is 28.8 Å². The van der Waals surface area contributed by atoms with Crippen LogP contribution < -0.4 is 4.74 Å². The maximum absolute atomic E-state index is 8.63. The molecule has 0 fully saturated rings. The van der Waals surface area contributed by atoms with Crippen molar-refractivity contribution in [2.75, 3.05) is 6.79 Å². The van der Waals surface area contributed by atoms with Gasteiger partial charge in [-0.3, -0.25) is 0 Å². The van der Waals surface area contributed by atoms with Crippen molar-refractivity contribution in [3.63, 3.8) is 0 Å². The fourth-order valence-corrected chi connectivity index (χ4v) is 1.01. The number of halogens is 1. The van der Waals surface area contributed by atoms with E-state index in [0.717, 1.165) is 0 Å². The summed E-state index contributed by atoms with van der Waals surface area (Å²) in [6.07, 6.45) is 0. The zero-order valence-corrected chi connectivity index (χ0v) is 6.88. The predicted molar refractivity (Wildman–Crippen MR) is 43.9 cm³/mol. The van der Waals surface area contributed by atoms with E-state index in [4.69, 9.17) is 26.7 Å². The molecule has 0 unspecified atom stereocenters. The smallest absolute Gasteiger partial charge is 0.186 e. The Morgan fingerprint density at radius 2 is 2.33 bits per heavy atom. The Bertz CT molecular complexity index is 319. The number of nitrogens with zero attached hydrogens (tertiary/aromatic N) is 1. The Hall–Kier alpha value is -1.24. The Kier molecular flexibility index (Phi) is 2.92. The van der Waals surface area contributed by atoms with E-state index in [0.29, 0.717) is 10.8 Å². The molecule has 0 bridgehead atoms. The quantitative estimate of drug-likeness (QED) is 0.708. The summed E-state index contributed by atoms with van der Waals surface area (Å²) < 4.78 is 4.76. The fraction of sp³-hybridized carbons (Fsp3) is 0.125. The molecule has 3 nitrogen and oxygen atoms in total. The molecule has 0 amide bonds. The average molecular weight is 184 g/mol. The molecule has 0 radical (unpaired) electrons. The van der Waals surface area contributed by atoms with Crippen LogP contribution in [0.4, 0.5) is 0 Å². The van der Waals surface area contributed by atoms with Gasteiger partial charge in [-0.15, -0.1) is 0 Å². The maximum Gasteiger partial charge on any atom is 0.186 e. The molecule has 0 aliphatic heterocycles. The van der Waals surface area contributed by atoms with E-state index in [9.17, 15) is 0 Å². The lowest BCUT2D eigenvalue weighted by molar-refractivity contribution is 0.0983. The molecule has 0 spiro atoms. The Morgan fingerprint density at radius 3 is 2.92 bits per heavy atom. The lowest BCUT2D eigenvalue weighted by Crippen LogP contribution is -1.96. The van der Waals surface area contributed by atoms with E-state index in [2.05, 4.69) is 0 Å². The lowest BCUT2D eigenvalue weighted by Gasteiger charge is -2.04. The van der Waals surface area contributed by atoms with Crippen LogP contribution in [0.2, 0.25) is 5.02 Å². The summed E-state index contributed by atoms with van der Waals surface area (Å²) in [5, 5.41) is 17.4. The molecule has 0 heterocycles. The molecule has 1 N–H and O–H groups in total. The van der Waals surface area contributed by atoms with Crippen molar-refractivity contribution in [3.8, 4) is 11.8 Å². The number of nitriles is 1. The van der Waals surface area contributed by atoms with Gasteiger partial charge in [-0.05, 0) is 12.1 Å². The molecule has 12 heavy (non-hydrogen) atoms. The van der Waals surface area contributed by atoms with Crippen LogP contribution in [0.15, 0.2) is 18.2 Å².